The lowest BCUT2D eigenvalue weighted by molar-refractivity contribution is -0.0663. The predicted molar refractivity (Wildman–Crippen MR) is 171 cm³/mol. The van der Waals surface area contributed by atoms with Gasteiger partial charge in [0.05, 0.1) is 36.9 Å². The maximum Gasteiger partial charge on any atom is 0.472 e. The third-order valence-electron chi connectivity index (χ3n) is 8.59. The second kappa shape index (κ2) is 13.2. The average molecular weight is 746 g/mol. The van der Waals surface area contributed by atoms with E-state index in [1.54, 1.807) is 54.6 Å². The number of anilines is 1. The smallest absolute Gasteiger partial charge is 0.386 e. The summed E-state index contributed by atoms with van der Waals surface area (Å²) in [6, 6.07) is 15.3. The molecule has 6 heterocycles. The number of aliphatic hydroxyl groups excluding tert-OH is 2. The Morgan fingerprint density at radius 1 is 0.765 bits per heavy atom. The molecule has 3 aromatic heterocycles. The molecule has 5 N–H and O–H groups in total. The minimum absolute atomic E-state index is 0.0520. The molecule has 4 unspecified atom stereocenters. The Morgan fingerprint density at radius 2 is 1.35 bits per heavy atom. The average Bonchev–Trinajstić information content (AvgIpc) is 3.88. The van der Waals surface area contributed by atoms with Gasteiger partial charge in [0.25, 0.3) is 5.91 Å². The fourth-order valence-corrected chi connectivity index (χ4v) is 8.14. The molecule has 1 amide bonds. The zero-order valence-corrected chi connectivity index (χ0v) is 27.8. The standard InChI is InChI=1S/C29H29N7O13P2/c37-21-23-18(46-28(21)35-13-32-16-8-4-5-9-17(16)35)10-44-51(42,43)49-24-19(11-45-50(40,41)48-23)47-29(22(24)38)36-14-33-20-25(30-12-31-26(20)36)34-27(39)15-6-2-1-3-7-15/h1-9,12-14,18-19,21-24,28-29,37-38H,10-11H2,(H,40,41)(H,42,43)(H,30,31,34,39)/t18-,19-,21+,22+,23?,24?,28-,29-/m1/s1. The number of nitrogens with one attached hydrogen (secondary N) is 1. The number of hydrogen-bond donors (Lipinski definition) is 5. The van der Waals surface area contributed by atoms with Gasteiger partial charge in [-0.05, 0) is 24.3 Å². The molecular formula is C29H29N7O13P2. The number of hydrogen-bond acceptors (Lipinski definition) is 15. The Kier molecular flexibility index (Phi) is 8.82. The first kappa shape index (κ1) is 34.1. The highest BCUT2D eigenvalue weighted by molar-refractivity contribution is 7.47. The lowest BCUT2D eigenvalue weighted by Gasteiger charge is -2.27. The summed E-state index contributed by atoms with van der Waals surface area (Å²) < 4.78 is 62.3. The topological polar surface area (TPSA) is 261 Å². The molecule has 20 nitrogen and oxygen atoms in total. The van der Waals surface area contributed by atoms with Crippen molar-refractivity contribution in [3.05, 3.63) is 79.1 Å². The molecule has 3 aliphatic rings. The number of phosphoric ester groups is 2. The van der Waals surface area contributed by atoms with Crippen LogP contribution in [-0.2, 0) is 36.7 Å². The highest BCUT2D eigenvalue weighted by Crippen LogP contribution is 2.53. The van der Waals surface area contributed by atoms with Crippen molar-refractivity contribution in [2.45, 2.75) is 49.1 Å². The summed E-state index contributed by atoms with van der Waals surface area (Å²) in [5.41, 5.74) is 1.72. The van der Waals surface area contributed by atoms with E-state index >= 15 is 0 Å². The molecule has 3 fully saturated rings. The number of aromatic nitrogens is 6. The van der Waals surface area contributed by atoms with Crippen molar-refractivity contribution in [1.29, 1.82) is 0 Å². The Balaban J connectivity index is 1.04. The van der Waals surface area contributed by atoms with E-state index in [4.69, 9.17) is 27.6 Å². The van der Waals surface area contributed by atoms with Crippen molar-refractivity contribution in [2.75, 3.05) is 18.5 Å². The van der Waals surface area contributed by atoms with Crippen molar-refractivity contribution in [3.63, 3.8) is 0 Å². The van der Waals surface area contributed by atoms with Crippen LogP contribution in [0.3, 0.4) is 0 Å². The molecule has 3 saturated heterocycles. The molecular weight excluding hydrogens is 716 g/mol. The molecule has 0 radical (unpaired) electrons. The van der Waals surface area contributed by atoms with Gasteiger partial charge >= 0.3 is 15.6 Å². The number of phosphoric acid groups is 2. The van der Waals surface area contributed by atoms with Gasteiger partial charge in [-0.2, -0.15) is 0 Å². The van der Waals surface area contributed by atoms with Crippen molar-refractivity contribution in [1.82, 2.24) is 29.1 Å². The van der Waals surface area contributed by atoms with E-state index in [2.05, 4.69) is 25.3 Å². The quantitative estimate of drug-likeness (QED) is 0.164. The molecule has 2 aromatic carbocycles. The minimum Gasteiger partial charge on any atom is -0.386 e. The first-order valence-corrected chi connectivity index (χ1v) is 18.4. The van der Waals surface area contributed by atoms with Crippen LogP contribution in [0.2, 0.25) is 0 Å². The van der Waals surface area contributed by atoms with Crippen LogP contribution in [0.4, 0.5) is 5.82 Å². The van der Waals surface area contributed by atoms with E-state index in [0.717, 1.165) is 6.33 Å². The van der Waals surface area contributed by atoms with Gasteiger partial charge in [0.2, 0.25) is 0 Å². The molecule has 0 spiro atoms. The van der Waals surface area contributed by atoms with Gasteiger partial charge in [0, 0.05) is 5.56 Å². The zero-order chi connectivity index (χ0) is 35.5. The van der Waals surface area contributed by atoms with E-state index in [0.29, 0.717) is 16.6 Å². The van der Waals surface area contributed by atoms with Gasteiger partial charge in [0.1, 0.15) is 43.0 Å². The molecule has 51 heavy (non-hydrogen) atoms. The minimum atomic E-state index is -5.03. The van der Waals surface area contributed by atoms with Gasteiger partial charge in [-0.1, -0.05) is 30.3 Å². The Bertz CT molecular complexity index is 2190. The lowest BCUT2D eigenvalue weighted by Crippen LogP contribution is -2.39. The van der Waals surface area contributed by atoms with Gasteiger partial charge in [0.15, 0.2) is 29.4 Å². The molecule has 22 heteroatoms. The Hall–Kier alpha value is -4.01. The van der Waals surface area contributed by atoms with Gasteiger partial charge in [-0.15, -0.1) is 0 Å². The SMILES string of the molecule is O=C(Nc1ncnc2c1ncn2[C@@H]1O[C@@H]2COP(=O)(O)OC3[C@@H](COP(=O)(O)OC2[C@@H]1O)O[C@@H](n1cnc2ccccc21)[C@H]3O)c1ccccc1. The van der Waals surface area contributed by atoms with Crippen LogP contribution in [0, 0.1) is 0 Å². The number of para-hydroxylation sites is 2. The molecule has 0 bridgehead atoms. The summed E-state index contributed by atoms with van der Waals surface area (Å²) >= 11 is 0. The van der Waals surface area contributed by atoms with Gasteiger partial charge in [-0.3, -0.25) is 27.5 Å². The fraction of sp³-hybridized carbons (Fsp3) is 0.345. The second-order valence-electron chi connectivity index (χ2n) is 11.8. The molecule has 10 atom stereocenters. The highest BCUT2D eigenvalue weighted by Gasteiger charge is 2.54. The van der Waals surface area contributed by atoms with Crippen molar-refractivity contribution in [2.24, 2.45) is 0 Å². The van der Waals surface area contributed by atoms with Crippen LogP contribution >= 0.6 is 15.6 Å². The molecule has 0 aliphatic carbocycles. The normalized spacial score (nSPS) is 34.4. The van der Waals surface area contributed by atoms with Crippen molar-refractivity contribution in [3.8, 4) is 0 Å². The number of rotatable bonds is 4. The summed E-state index contributed by atoms with van der Waals surface area (Å²) in [7, 11) is -10.0. The monoisotopic (exact) mass is 745 g/mol. The van der Waals surface area contributed by atoms with Crippen molar-refractivity contribution >= 4 is 49.6 Å². The first-order valence-electron chi connectivity index (χ1n) is 15.4. The van der Waals surface area contributed by atoms with Crippen LogP contribution in [0.25, 0.3) is 22.2 Å². The molecule has 8 rings (SSSR count). The van der Waals surface area contributed by atoms with E-state index in [-0.39, 0.29) is 17.0 Å². The second-order valence-corrected chi connectivity index (χ2v) is 14.6. The predicted octanol–water partition coefficient (Wildman–Crippen LogP) is 1.66. The third kappa shape index (κ3) is 6.50. The highest BCUT2D eigenvalue weighted by atomic mass is 31.2. The van der Waals surface area contributed by atoms with Crippen LogP contribution in [0.5, 0.6) is 0 Å². The summed E-state index contributed by atoms with van der Waals surface area (Å²) in [6.07, 6.45) is -8.24. The fourth-order valence-electron chi connectivity index (χ4n) is 6.21. The van der Waals surface area contributed by atoms with Gasteiger partial charge < -0.3 is 39.4 Å². The van der Waals surface area contributed by atoms with E-state index in [9.17, 15) is 33.9 Å². The maximum absolute atomic E-state index is 13.3. The molecule has 0 saturated carbocycles. The van der Waals surface area contributed by atoms with Crippen LogP contribution in [0.1, 0.15) is 22.8 Å². The lowest BCUT2D eigenvalue weighted by atomic mass is 10.1. The number of amides is 1. The molecule has 5 aromatic rings. The zero-order valence-electron chi connectivity index (χ0n) is 26.0. The summed E-state index contributed by atoms with van der Waals surface area (Å²) in [5.74, 6) is -0.413. The number of nitrogens with zero attached hydrogens (tertiary/aromatic N) is 6. The summed E-state index contributed by atoms with van der Waals surface area (Å²) in [5, 5.41) is 25.2. The summed E-state index contributed by atoms with van der Waals surface area (Å²) in [6.45, 7) is -1.55. The number of benzene rings is 2. The van der Waals surface area contributed by atoms with E-state index in [1.807, 2.05) is 0 Å². The van der Waals surface area contributed by atoms with E-state index in [1.165, 1.54) is 21.8 Å². The third-order valence-corrected chi connectivity index (χ3v) is 10.6. The number of carbonyl (C=O) groups excluding carboxylic acids is 1. The molecule has 3 aliphatic heterocycles. The number of aliphatic hydroxyl groups is 2. The largest absolute Gasteiger partial charge is 0.472 e. The number of ether oxygens (including phenoxy) is 2. The van der Waals surface area contributed by atoms with Crippen LogP contribution < -0.4 is 5.32 Å². The summed E-state index contributed by atoms with van der Waals surface area (Å²) in [4.78, 5) is 51.1. The number of carbonyl (C=O) groups is 1. The Labute approximate surface area is 286 Å². The number of fused-ring (bicyclic) bond motifs is 4. The molecule has 268 valence electrons. The maximum atomic E-state index is 13.3. The van der Waals surface area contributed by atoms with Crippen LogP contribution in [-0.4, -0.2) is 105 Å². The van der Waals surface area contributed by atoms with Crippen LogP contribution in [0.15, 0.2) is 73.6 Å². The number of imidazole rings is 2. The van der Waals surface area contributed by atoms with E-state index < -0.39 is 83.8 Å². The first-order chi connectivity index (χ1) is 24.5. The van der Waals surface area contributed by atoms with Crippen molar-refractivity contribution < 1.29 is 61.5 Å². The van der Waals surface area contributed by atoms with Gasteiger partial charge in [-0.25, -0.2) is 29.1 Å². The Morgan fingerprint density at radius 3 is 2.02 bits per heavy atom.